The molecule has 3 N–H and O–H groups in total. The van der Waals surface area contributed by atoms with Gasteiger partial charge in [-0.25, -0.2) is 4.79 Å². The predicted octanol–water partition coefficient (Wildman–Crippen LogP) is 1.40. The number of carboxylic acid groups (broad SMARTS) is 1. The summed E-state index contributed by atoms with van der Waals surface area (Å²) in [6.07, 6.45) is 2.73. The van der Waals surface area contributed by atoms with Crippen LogP contribution in [-0.2, 0) is 14.3 Å². The Morgan fingerprint density at radius 3 is 2.62 bits per heavy atom. The Labute approximate surface area is 139 Å². The van der Waals surface area contributed by atoms with Crippen LogP contribution in [0.15, 0.2) is 24.3 Å². The van der Waals surface area contributed by atoms with E-state index in [2.05, 4.69) is 10.6 Å². The number of anilines is 1. The molecular weight excluding hydrogens is 312 g/mol. The third-order valence-electron chi connectivity index (χ3n) is 4.26. The molecule has 1 heterocycles. The van der Waals surface area contributed by atoms with Gasteiger partial charge in [0.15, 0.2) is 0 Å². The Balaban J connectivity index is 1.64. The van der Waals surface area contributed by atoms with Crippen molar-refractivity contribution in [2.24, 2.45) is 5.92 Å². The van der Waals surface area contributed by atoms with E-state index in [-0.39, 0.29) is 11.8 Å². The van der Waals surface area contributed by atoms with Crippen LogP contribution in [0.4, 0.5) is 5.69 Å². The molecule has 2 unspecified atom stereocenters. The lowest BCUT2D eigenvalue weighted by atomic mass is 10.1. The second-order valence-electron chi connectivity index (χ2n) is 6.20. The highest BCUT2D eigenvalue weighted by molar-refractivity contribution is 5.99. The van der Waals surface area contributed by atoms with Crippen LogP contribution in [0.5, 0.6) is 0 Å². The van der Waals surface area contributed by atoms with E-state index >= 15 is 0 Å². The van der Waals surface area contributed by atoms with Gasteiger partial charge in [0.25, 0.3) is 11.8 Å². The fourth-order valence-corrected chi connectivity index (χ4v) is 2.78. The van der Waals surface area contributed by atoms with Gasteiger partial charge in [0, 0.05) is 17.9 Å². The summed E-state index contributed by atoms with van der Waals surface area (Å²) >= 11 is 0. The van der Waals surface area contributed by atoms with Gasteiger partial charge in [0.2, 0.25) is 0 Å². The van der Waals surface area contributed by atoms with Crippen LogP contribution in [0.3, 0.4) is 0 Å². The van der Waals surface area contributed by atoms with Crippen LogP contribution < -0.4 is 10.6 Å². The molecule has 2 amide bonds. The first-order valence-corrected chi connectivity index (χ1v) is 8.11. The summed E-state index contributed by atoms with van der Waals surface area (Å²) in [7, 11) is 0. The first-order chi connectivity index (χ1) is 11.5. The van der Waals surface area contributed by atoms with Crippen molar-refractivity contribution in [2.75, 3.05) is 11.9 Å². The Kier molecular flexibility index (Phi) is 4.80. The van der Waals surface area contributed by atoms with Gasteiger partial charge in [0.05, 0.1) is 0 Å². The summed E-state index contributed by atoms with van der Waals surface area (Å²) < 4.78 is 5.32. The summed E-state index contributed by atoms with van der Waals surface area (Å²) in [5, 5.41) is 14.5. The van der Waals surface area contributed by atoms with Crippen molar-refractivity contribution >= 4 is 23.5 Å². The van der Waals surface area contributed by atoms with Gasteiger partial charge >= 0.3 is 5.97 Å². The maximum Gasteiger partial charge on any atom is 0.326 e. The zero-order valence-electron chi connectivity index (χ0n) is 13.2. The fraction of sp³-hybridized carbons (Fsp3) is 0.471. The smallest absolute Gasteiger partial charge is 0.326 e. The summed E-state index contributed by atoms with van der Waals surface area (Å²) in [4.78, 5) is 35.5. The number of aliphatic carboxylic acids is 1. The van der Waals surface area contributed by atoms with Crippen LogP contribution in [0.25, 0.3) is 0 Å². The molecule has 0 radical (unpaired) electrons. The average molecular weight is 332 g/mol. The van der Waals surface area contributed by atoms with Crippen LogP contribution in [-0.4, -0.2) is 41.6 Å². The maximum absolute atomic E-state index is 12.3. The van der Waals surface area contributed by atoms with Gasteiger partial charge in [-0.15, -0.1) is 0 Å². The van der Waals surface area contributed by atoms with Crippen molar-refractivity contribution in [3.63, 3.8) is 0 Å². The van der Waals surface area contributed by atoms with Crippen LogP contribution in [0.2, 0.25) is 0 Å². The molecule has 128 valence electrons. The van der Waals surface area contributed by atoms with Crippen molar-refractivity contribution in [2.45, 2.75) is 37.8 Å². The molecule has 2 aliphatic rings. The zero-order chi connectivity index (χ0) is 17.1. The Morgan fingerprint density at radius 2 is 2.00 bits per heavy atom. The number of carboxylic acids is 1. The van der Waals surface area contributed by atoms with Crippen molar-refractivity contribution < 1.29 is 24.2 Å². The summed E-state index contributed by atoms with van der Waals surface area (Å²) in [6, 6.07) is 5.59. The summed E-state index contributed by atoms with van der Waals surface area (Å²) in [6.45, 7) is 0.582. The first kappa shape index (κ1) is 16.4. The highest BCUT2D eigenvalue weighted by atomic mass is 16.5. The van der Waals surface area contributed by atoms with Crippen LogP contribution in [0, 0.1) is 5.92 Å². The molecule has 7 nitrogen and oxygen atoms in total. The average Bonchev–Trinajstić information content (AvgIpc) is 3.24. The van der Waals surface area contributed by atoms with E-state index in [9.17, 15) is 19.5 Å². The van der Waals surface area contributed by atoms with E-state index in [1.54, 1.807) is 18.2 Å². The molecule has 1 aromatic carbocycles. The molecule has 1 saturated carbocycles. The molecule has 2 fully saturated rings. The molecule has 0 spiro atoms. The Hall–Kier alpha value is -2.41. The minimum atomic E-state index is -1.02. The number of benzene rings is 1. The van der Waals surface area contributed by atoms with E-state index in [0.717, 1.165) is 19.3 Å². The van der Waals surface area contributed by atoms with Gasteiger partial charge in [-0.05, 0) is 49.8 Å². The monoisotopic (exact) mass is 332 g/mol. The quantitative estimate of drug-likeness (QED) is 0.730. The van der Waals surface area contributed by atoms with Gasteiger partial charge in [-0.2, -0.15) is 0 Å². The van der Waals surface area contributed by atoms with E-state index < -0.39 is 24.0 Å². The fourth-order valence-electron chi connectivity index (χ4n) is 2.78. The Bertz CT molecular complexity index is 650. The van der Waals surface area contributed by atoms with Gasteiger partial charge in [0.1, 0.15) is 12.1 Å². The highest BCUT2D eigenvalue weighted by Crippen LogP contribution is 2.32. The third-order valence-corrected chi connectivity index (χ3v) is 4.26. The zero-order valence-corrected chi connectivity index (χ0v) is 13.2. The normalized spacial score (nSPS) is 21.1. The summed E-state index contributed by atoms with van der Waals surface area (Å²) in [5.74, 6) is -1.70. The molecule has 3 rings (SSSR count). The number of hydrogen-bond acceptors (Lipinski definition) is 4. The van der Waals surface area contributed by atoms with Crippen molar-refractivity contribution in [1.29, 1.82) is 0 Å². The number of amides is 2. The molecule has 1 aromatic rings. The van der Waals surface area contributed by atoms with Gasteiger partial charge in [-0.3, -0.25) is 9.59 Å². The highest BCUT2D eigenvalue weighted by Gasteiger charge is 2.37. The minimum Gasteiger partial charge on any atom is -0.480 e. The Morgan fingerprint density at radius 1 is 1.21 bits per heavy atom. The number of carbonyl (C=O) groups is 3. The molecule has 24 heavy (non-hydrogen) atoms. The first-order valence-electron chi connectivity index (χ1n) is 8.11. The molecule has 7 heteroatoms. The topological polar surface area (TPSA) is 105 Å². The van der Waals surface area contributed by atoms with E-state index in [0.29, 0.717) is 24.3 Å². The summed E-state index contributed by atoms with van der Waals surface area (Å²) in [5.41, 5.74) is 0.800. The van der Waals surface area contributed by atoms with E-state index in [1.807, 2.05) is 0 Å². The molecule has 1 saturated heterocycles. The molecule has 0 bridgehead atoms. The lowest BCUT2D eigenvalue weighted by molar-refractivity contribution is -0.139. The maximum atomic E-state index is 12.3. The third kappa shape index (κ3) is 3.91. The van der Waals surface area contributed by atoms with Crippen molar-refractivity contribution in [3.8, 4) is 0 Å². The van der Waals surface area contributed by atoms with Crippen molar-refractivity contribution in [3.05, 3.63) is 29.8 Å². The number of ether oxygens (including phenoxy) is 1. The number of rotatable bonds is 6. The molecule has 1 aliphatic carbocycles. The number of nitrogens with one attached hydrogen (secondary N) is 2. The standard InChI is InChI=1S/C17H20N2O5/c20-15(19-14(17(22)23)10-6-7-10)11-3-1-4-12(9-11)18-16(21)13-5-2-8-24-13/h1,3-4,9-10,13-14H,2,5-8H2,(H,18,21)(H,19,20)(H,22,23). The van der Waals surface area contributed by atoms with E-state index in [4.69, 9.17) is 4.74 Å². The minimum absolute atomic E-state index is 0.00820. The SMILES string of the molecule is O=C(NC(C(=O)O)C1CC1)c1cccc(NC(=O)C2CCCO2)c1. The van der Waals surface area contributed by atoms with Crippen molar-refractivity contribution in [1.82, 2.24) is 5.32 Å². The van der Waals surface area contributed by atoms with Gasteiger partial charge in [-0.1, -0.05) is 6.07 Å². The second-order valence-corrected chi connectivity index (χ2v) is 6.20. The van der Waals surface area contributed by atoms with Crippen LogP contribution >= 0.6 is 0 Å². The lowest BCUT2D eigenvalue weighted by Gasteiger charge is -2.14. The largest absolute Gasteiger partial charge is 0.480 e. The predicted molar refractivity (Wildman–Crippen MR) is 85.7 cm³/mol. The molecule has 0 aromatic heterocycles. The van der Waals surface area contributed by atoms with Crippen LogP contribution in [0.1, 0.15) is 36.0 Å². The molecule has 1 aliphatic heterocycles. The molecule has 2 atom stereocenters. The molecular formula is C17H20N2O5. The number of hydrogen-bond donors (Lipinski definition) is 3. The van der Waals surface area contributed by atoms with E-state index in [1.165, 1.54) is 6.07 Å². The number of carbonyl (C=O) groups excluding carboxylic acids is 2. The lowest BCUT2D eigenvalue weighted by Crippen LogP contribution is -2.42. The second kappa shape index (κ2) is 7.00. The van der Waals surface area contributed by atoms with Gasteiger partial charge < -0.3 is 20.5 Å².